The van der Waals surface area contributed by atoms with Gasteiger partial charge in [-0.3, -0.25) is 0 Å². The van der Waals surface area contributed by atoms with Crippen LogP contribution < -0.4 is 0 Å². The zero-order chi connectivity index (χ0) is 22.6. The van der Waals surface area contributed by atoms with Crippen molar-refractivity contribution in [1.82, 2.24) is 0 Å². The van der Waals surface area contributed by atoms with Gasteiger partial charge in [-0.05, 0) is 121 Å². The monoisotopic (exact) mass is 426 g/mol. The van der Waals surface area contributed by atoms with Crippen molar-refractivity contribution in [2.24, 2.45) is 56.7 Å². The molecule has 5 aliphatic rings. The molecule has 9 atom stereocenters. The molecule has 0 aliphatic heterocycles. The smallest absolute Gasteiger partial charge is 0.0594 e. The normalized spacial score (nSPS) is 55.4. The third-order valence-electron chi connectivity index (χ3n) is 13.3. The molecular formula is C30H50O. The van der Waals surface area contributed by atoms with Crippen molar-refractivity contribution >= 4 is 0 Å². The molecule has 0 unspecified atom stereocenters. The number of hydrogen-bond donors (Lipinski definition) is 1. The maximum Gasteiger partial charge on any atom is 0.0594 e. The summed E-state index contributed by atoms with van der Waals surface area (Å²) in [6.45, 7) is 22.6. The summed E-state index contributed by atoms with van der Waals surface area (Å²) in [5.41, 5.74) is 3.40. The fraction of sp³-hybridized carbons (Fsp3) is 0.933. The second-order valence-corrected chi connectivity index (χ2v) is 14.9. The van der Waals surface area contributed by atoms with E-state index in [2.05, 4.69) is 55.0 Å². The fourth-order valence-electron chi connectivity index (χ4n) is 11.0. The van der Waals surface area contributed by atoms with Gasteiger partial charge >= 0.3 is 0 Å². The first-order valence-electron chi connectivity index (χ1n) is 13.6. The minimum absolute atomic E-state index is 0.0609. The average molecular weight is 427 g/mol. The van der Waals surface area contributed by atoms with Crippen molar-refractivity contribution in [1.29, 1.82) is 0 Å². The summed E-state index contributed by atoms with van der Waals surface area (Å²) in [5, 5.41) is 10.9. The van der Waals surface area contributed by atoms with E-state index in [0.717, 1.165) is 30.1 Å². The number of allylic oxidation sites excluding steroid dienone is 1. The van der Waals surface area contributed by atoms with E-state index >= 15 is 0 Å². The van der Waals surface area contributed by atoms with Crippen molar-refractivity contribution in [3.63, 3.8) is 0 Å². The summed E-state index contributed by atoms with van der Waals surface area (Å²) in [6, 6.07) is 0. The van der Waals surface area contributed by atoms with Crippen LogP contribution in [0.1, 0.15) is 113 Å². The second kappa shape index (κ2) is 6.64. The van der Waals surface area contributed by atoms with Crippen LogP contribution in [-0.4, -0.2) is 11.2 Å². The highest BCUT2D eigenvalue weighted by Crippen LogP contribution is 2.75. The van der Waals surface area contributed by atoms with Gasteiger partial charge in [0, 0.05) is 0 Å². The molecule has 1 N–H and O–H groups in total. The largest absolute Gasteiger partial charge is 0.393 e. The predicted octanol–water partition coefficient (Wildman–Crippen LogP) is 8.02. The van der Waals surface area contributed by atoms with Gasteiger partial charge in [0.25, 0.3) is 0 Å². The zero-order valence-electron chi connectivity index (χ0n) is 21.7. The van der Waals surface area contributed by atoms with Crippen molar-refractivity contribution in [3.8, 4) is 0 Å². The average Bonchev–Trinajstić information content (AvgIpc) is 2.68. The van der Waals surface area contributed by atoms with E-state index in [0.29, 0.717) is 27.6 Å². The maximum absolute atomic E-state index is 10.9. The van der Waals surface area contributed by atoms with Gasteiger partial charge in [0.05, 0.1) is 6.10 Å². The SMILES string of the molecule is C=C1CCC(C)(C)[C@@H]2C[C@H]3CC[C@@H]4[C@@]5(C)CC[C@H](O)C(C)(C)[C@@H]5CC[C@@]4(C)[C@]3(C)C[C@H]12. The van der Waals surface area contributed by atoms with Gasteiger partial charge in [-0.1, -0.05) is 60.6 Å². The standard InChI is InChI=1S/C30H50O/c1-19-11-14-26(2,3)22-17-20-9-10-24-28(6)15-13-25(31)27(4,5)23(28)12-16-29(24,7)30(20,8)18-21(19)22/h20-25,31H,1,9-18H2,2-8H3/t20-,21-,22-,23+,24-,25+,28+,29-,30-/m1/s1. The Balaban J connectivity index is 1.52. The first-order valence-corrected chi connectivity index (χ1v) is 13.6. The molecule has 5 aliphatic carbocycles. The highest BCUT2D eigenvalue weighted by atomic mass is 16.3. The van der Waals surface area contributed by atoms with Gasteiger partial charge in [-0.25, -0.2) is 0 Å². The Bertz CT molecular complexity index is 762. The molecule has 31 heavy (non-hydrogen) atoms. The molecule has 176 valence electrons. The Morgan fingerprint density at radius 1 is 0.806 bits per heavy atom. The Kier molecular flexibility index (Phi) is 4.82. The quantitative estimate of drug-likeness (QED) is 0.389. The van der Waals surface area contributed by atoms with Gasteiger partial charge in [0.2, 0.25) is 0 Å². The first-order chi connectivity index (χ1) is 14.3. The topological polar surface area (TPSA) is 20.2 Å². The van der Waals surface area contributed by atoms with Crippen molar-refractivity contribution < 1.29 is 5.11 Å². The van der Waals surface area contributed by atoms with E-state index in [-0.39, 0.29) is 11.5 Å². The van der Waals surface area contributed by atoms with Crippen LogP contribution in [0.15, 0.2) is 12.2 Å². The summed E-state index contributed by atoms with van der Waals surface area (Å²) < 4.78 is 0. The molecule has 0 saturated heterocycles. The van der Waals surface area contributed by atoms with Gasteiger partial charge in [-0.2, -0.15) is 0 Å². The summed E-state index contributed by atoms with van der Waals surface area (Å²) in [4.78, 5) is 0. The Morgan fingerprint density at radius 3 is 2.23 bits per heavy atom. The third kappa shape index (κ3) is 2.77. The van der Waals surface area contributed by atoms with E-state index in [1.807, 2.05) is 0 Å². The highest BCUT2D eigenvalue weighted by molar-refractivity contribution is 5.21. The summed E-state index contributed by atoms with van der Waals surface area (Å²) in [7, 11) is 0. The number of aliphatic hydroxyl groups is 1. The molecule has 5 saturated carbocycles. The summed E-state index contributed by atoms with van der Waals surface area (Å²) >= 11 is 0. The van der Waals surface area contributed by atoms with Crippen LogP contribution in [-0.2, 0) is 0 Å². The lowest BCUT2D eigenvalue weighted by Gasteiger charge is -2.72. The third-order valence-corrected chi connectivity index (χ3v) is 13.3. The van der Waals surface area contributed by atoms with Crippen LogP contribution in [0.25, 0.3) is 0 Å². The molecule has 0 spiro atoms. The summed E-state index contributed by atoms with van der Waals surface area (Å²) in [5.74, 6) is 3.97. The lowest BCUT2D eigenvalue weighted by Crippen LogP contribution is -2.66. The van der Waals surface area contributed by atoms with E-state index in [4.69, 9.17) is 0 Å². The van der Waals surface area contributed by atoms with E-state index < -0.39 is 0 Å². The van der Waals surface area contributed by atoms with Crippen molar-refractivity contribution in [2.75, 3.05) is 0 Å². The summed E-state index contributed by atoms with van der Waals surface area (Å²) in [6.07, 6.45) is 13.1. The Morgan fingerprint density at radius 2 is 1.52 bits per heavy atom. The zero-order valence-corrected chi connectivity index (χ0v) is 21.7. The van der Waals surface area contributed by atoms with Crippen LogP contribution in [0, 0.1) is 56.7 Å². The molecular weight excluding hydrogens is 376 g/mol. The van der Waals surface area contributed by atoms with E-state index in [1.54, 1.807) is 5.57 Å². The van der Waals surface area contributed by atoms with Crippen molar-refractivity contribution in [3.05, 3.63) is 12.2 Å². The first kappa shape index (κ1) is 22.5. The van der Waals surface area contributed by atoms with Crippen molar-refractivity contribution in [2.45, 2.75) is 119 Å². The molecule has 1 heteroatoms. The molecule has 1 nitrogen and oxygen atoms in total. The highest BCUT2D eigenvalue weighted by Gasteiger charge is 2.68. The number of fused-ring (bicyclic) bond motifs is 6. The lowest BCUT2D eigenvalue weighted by atomic mass is 9.32. The Labute approximate surface area is 192 Å². The minimum atomic E-state index is -0.120. The lowest BCUT2D eigenvalue weighted by molar-refractivity contribution is -0.240. The molecule has 0 aromatic rings. The second-order valence-electron chi connectivity index (χ2n) is 14.9. The predicted molar refractivity (Wildman–Crippen MR) is 131 cm³/mol. The molecule has 0 aromatic heterocycles. The van der Waals surface area contributed by atoms with E-state index in [9.17, 15) is 5.11 Å². The van der Waals surface area contributed by atoms with Crippen LogP contribution in [0.2, 0.25) is 0 Å². The van der Waals surface area contributed by atoms with Gasteiger partial charge in [0.1, 0.15) is 0 Å². The van der Waals surface area contributed by atoms with E-state index in [1.165, 1.54) is 57.8 Å². The fourth-order valence-corrected chi connectivity index (χ4v) is 11.0. The molecule has 0 aromatic carbocycles. The molecule has 0 radical (unpaired) electrons. The van der Waals surface area contributed by atoms with Gasteiger partial charge in [0.15, 0.2) is 0 Å². The minimum Gasteiger partial charge on any atom is -0.393 e. The Hall–Kier alpha value is -0.300. The van der Waals surface area contributed by atoms with Crippen LogP contribution in [0.4, 0.5) is 0 Å². The van der Waals surface area contributed by atoms with Gasteiger partial charge in [-0.15, -0.1) is 0 Å². The van der Waals surface area contributed by atoms with Crippen LogP contribution in [0.3, 0.4) is 0 Å². The number of rotatable bonds is 0. The number of aliphatic hydroxyl groups excluding tert-OH is 1. The van der Waals surface area contributed by atoms with Gasteiger partial charge < -0.3 is 5.11 Å². The molecule has 0 bridgehead atoms. The van der Waals surface area contributed by atoms with Crippen LogP contribution in [0.5, 0.6) is 0 Å². The van der Waals surface area contributed by atoms with Crippen LogP contribution >= 0.6 is 0 Å². The molecule has 0 amide bonds. The number of hydrogen-bond acceptors (Lipinski definition) is 1. The molecule has 5 rings (SSSR count). The maximum atomic E-state index is 10.9. The molecule has 5 fully saturated rings. The molecule has 0 heterocycles.